The zero-order chi connectivity index (χ0) is 24.9. The molecule has 0 amide bonds. The van der Waals surface area contributed by atoms with E-state index in [9.17, 15) is 0 Å². The lowest BCUT2D eigenvalue weighted by atomic mass is 10.0. The molecular formula is C26H34N6O4. The molecule has 2 saturated heterocycles. The minimum atomic E-state index is -0.166. The van der Waals surface area contributed by atoms with E-state index in [1.807, 2.05) is 28.9 Å². The molecule has 2 atom stereocenters. The molecule has 10 nitrogen and oxygen atoms in total. The first-order chi connectivity index (χ1) is 17.7. The van der Waals surface area contributed by atoms with E-state index in [4.69, 9.17) is 18.9 Å². The van der Waals surface area contributed by atoms with Crippen LogP contribution in [0.15, 0.2) is 42.5 Å². The molecular weight excluding hydrogens is 460 g/mol. The van der Waals surface area contributed by atoms with Crippen LogP contribution in [0.2, 0.25) is 0 Å². The van der Waals surface area contributed by atoms with Crippen LogP contribution in [0.1, 0.15) is 30.3 Å². The van der Waals surface area contributed by atoms with Gasteiger partial charge in [-0.25, -0.2) is 4.68 Å². The summed E-state index contributed by atoms with van der Waals surface area (Å²) in [4.78, 5) is 4.83. The average molecular weight is 495 g/mol. The Kier molecular flexibility index (Phi) is 7.52. The van der Waals surface area contributed by atoms with Crippen LogP contribution in [0, 0.1) is 0 Å². The summed E-state index contributed by atoms with van der Waals surface area (Å²) in [6, 6.07) is 14.0. The lowest BCUT2D eigenvalue weighted by Crippen LogP contribution is -2.48. The van der Waals surface area contributed by atoms with Crippen molar-refractivity contribution in [2.24, 2.45) is 0 Å². The number of tetrazole rings is 1. The molecule has 5 rings (SSSR count). The van der Waals surface area contributed by atoms with E-state index in [1.165, 1.54) is 5.69 Å². The highest BCUT2D eigenvalue weighted by Gasteiger charge is 2.33. The van der Waals surface area contributed by atoms with E-state index in [-0.39, 0.29) is 12.1 Å². The van der Waals surface area contributed by atoms with Crippen LogP contribution in [0.25, 0.3) is 0 Å². The molecule has 0 unspecified atom stereocenters. The maximum Gasteiger partial charge on any atom is 0.173 e. The van der Waals surface area contributed by atoms with Crippen molar-refractivity contribution in [1.82, 2.24) is 25.1 Å². The number of nitrogens with zero attached hydrogens (tertiary/aromatic N) is 6. The number of aromatic nitrogens is 4. The zero-order valence-electron chi connectivity index (χ0n) is 21.2. The number of methoxy groups -OCH3 is 3. The van der Waals surface area contributed by atoms with E-state index in [1.54, 1.807) is 21.3 Å². The van der Waals surface area contributed by atoms with Crippen molar-refractivity contribution in [1.29, 1.82) is 0 Å². The van der Waals surface area contributed by atoms with Gasteiger partial charge in [-0.2, -0.15) is 0 Å². The molecule has 0 spiro atoms. The molecule has 0 N–H and O–H groups in total. The van der Waals surface area contributed by atoms with Crippen molar-refractivity contribution in [3.05, 3.63) is 53.9 Å². The van der Waals surface area contributed by atoms with Gasteiger partial charge in [-0.05, 0) is 59.7 Å². The summed E-state index contributed by atoms with van der Waals surface area (Å²) >= 11 is 0. The Morgan fingerprint density at radius 2 is 1.69 bits per heavy atom. The van der Waals surface area contributed by atoms with Gasteiger partial charge in [-0.15, -0.1) is 5.10 Å². The lowest BCUT2D eigenvalue weighted by Gasteiger charge is -2.40. The first kappa shape index (κ1) is 24.3. The summed E-state index contributed by atoms with van der Waals surface area (Å²) in [5.41, 5.74) is 2.21. The SMILES string of the molecule is COc1ccc(N2CCN([C@H](c3ccc(OC)cc3OC)c3nnnn3C[C@H]3CCCO3)CC2)cc1. The number of piperazine rings is 1. The van der Waals surface area contributed by atoms with Gasteiger partial charge in [0.1, 0.15) is 23.3 Å². The van der Waals surface area contributed by atoms with Gasteiger partial charge in [0.15, 0.2) is 5.82 Å². The van der Waals surface area contributed by atoms with E-state index >= 15 is 0 Å². The summed E-state index contributed by atoms with van der Waals surface area (Å²) in [6.45, 7) is 4.90. The first-order valence-corrected chi connectivity index (χ1v) is 12.4. The Balaban J connectivity index is 1.43. The van der Waals surface area contributed by atoms with Crippen molar-refractivity contribution in [3.8, 4) is 17.2 Å². The Morgan fingerprint density at radius 3 is 2.36 bits per heavy atom. The predicted octanol–water partition coefficient (Wildman–Crippen LogP) is 2.79. The van der Waals surface area contributed by atoms with Crippen molar-refractivity contribution >= 4 is 5.69 Å². The molecule has 0 radical (unpaired) electrons. The molecule has 3 heterocycles. The quantitative estimate of drug-likeness (QED) is 0.446. The molecule has 2 aromatic carbocycles. The number of rotatable bonds is 9. The highest BCUT2D eigenvalue weighted by Crippen LogP contribution is 2.37. The van der Waals surface area contributed by atoms with Crippen molar-refractivity contribution in [2.45, 2.75) is 31.5 Å². The number of benzene rings is 2. The normalized spacial score (nSPS) is 19.3. The van der Waals surface area contributed by atoms with E-state index in [0.29, 0.717) is 6.54 Å². The van der Waals surface area contributed by atoms with E-state index in [0.717, 1.165) is 74.3 Å². The van der Waals surface area contributed by atoms with Gasteiger partial charge in [0.25, 0.3) is 0 Å². The summed E-state index contributed by atoms with van der Waals surface area (Å²) in [6.07, 6.45) is 2.24. The predicted molar refractivity (Wildman–Crippen MR) is 135 cm³/mol. The minimum Gasteiger partial charge on any atom is -0.497 e. The number of anilines is 1. The van der Waals surface area contributed by atoms with E-state index < -0.39 is 0 Å². The zero-order valence-corrected chi connectivity index (χ0v) is 21.2. The second-order valence-electron chi connectivity index (χ2n) is 9.09. The van der Waals surface area contributed by atoms with Gasteiger partial charge in [-0.3, -0.25) is 4.90 Å². The van der Waals surface area contributed by atoms with Crippen molar-refractivity contribution in [2.75, 3.05) is 59.0 Å². The summed E-state index contributed by atoms with van der Waals surface area (Å²) in [5, 5.41) is 12.9. The number of hydrogen-bond acceptors (Lipinski definition) is 9. The summed E-state index contributed by atoms with van der Waals surface area (Å²) in [7, 11) is 5.03. The van der Waals surface area contributed by atoms with Crippen LogP contribution in [0.3, 0.4) is 0 Å². The smallest absolute Gasteiger partial charge is 0.173 e. The van der Waals surface area contributed by atoms with Crippen LogP contribution in [0.4, 0.5) is 5.69 Å². The molecule has 10 heteroatoms. The maximum atomic E-state index is 5.88. The highest BCUT2D eigenvalue weighted by molar-refractivity contribution is 5.50. The molecule has 3 aromatic rings. The number of ether oxygens (including phenoxy) is 4. The Morgan fingerprint density at radius 1 is 0.944 bits per heavy atom. The topological polar surface area (TPSA) is 87.0 Å². The van der Waals surface area contributed by atoms with Gasteiger partial charge in [0.05, 0.1) is 34.0 Å². The fourth-order valence-electron chi connectivity index (χ4n) is 5.09. The largest absolute Gasteiger partial charge is 0.497 e. The molecule has 36 heavy (non-hydrogen) atoms. The third-order valence-electron chi connectivity index (χ3n) is 7.06. The van der Waals surface area contributed by atoms with Gasteiger partial charge in [-0.1, -0.05) is 0 Å². The van der Waals surface area contributed by atoms with Crippen LogP contribution in [-0.4, -0.2) is 85.3 Å². The van der Waals surface area contributed by atoms with Crippen LogP contribution in [-0.2, 0) is 11.3 Å². The van der Waals surface area contributed by atoms with Gasteiger partial charge in [0.2, 0.25) is 0 Å². The molecule has 2 aliphatic heterocycles. The van der Waals surface area contributed by atoms with Gasteiger partial charge >= 0.3 is 0 Å². The van der Waals surface area contributed by atoms with Gasteiger partial charge in [0, 0.05) is 50.1 Å². The molecule has 2 fully saturated rings. The van der Waals surface area contributed by atoms with Crippen LogP contribution < -0.4 is 19.1 Å². The third kappa shape index (κ3) is 5.10. The molecule has 1 aromatic heterocycles. The number of hydrogen-bond donors (Lipinski definition) is 0. The maximum absolute atomic E-state index is 5.88. The Hall–Kier alpha value is -3.37. The first-order valence-electron chi connectivity index (χ1n) is 12.4. The van der Waals surface area contributed by atoms with Crippen LogP contribution >= 0.6 is 0 Å². The van der Waals surface area contributed by atoms with Crippen LogP contribution in [0.5, 0.6) is 17.2 Å². The molecule has 0 saturated carbocycles. The fraction of sp³-hybridized carbons (Fsp3) is 0.500. The minimum absolute atomic E-state index is 0.137. The molecule has 0 bridgehead atoms. The molecule has 192 valence electrons. The highest BCUT2D eigenvalue weighted by atomic mass is 16.5. The fourth-order valence-corrected chi connectivity index (χ4v) is 5.09. The van der Waals surface area contributed by atoms with E-state index in [2.05, 4.69) is 43.5 Å². The Bertz CT molecular complexity index is 1120. The second kappa shape index (κ2) is 11.1. The summed E-state index contributed by atoms with van der Waals surface area (Å²) < 4.78 is 24.4. The van der Waals surface area contributed by atoms with Crippen molar-refractivity contribution < 1.29 is 18.9 Å². The summed E-state index contributed by atoms with van der Waals surface area (Å²) in [5.74, 6) is 3.16. The third-order valence-corrected chi connectivity index (χ3v) is 7.06. The standard InChI is InChI=1S/C26H34N6O4/c1-33-20-8-6-19(7-9-20)30-12-14-31(15-13-30)25(23-11-10-21(34-2)17-24(23)35-3)26-27-28-29-32(26)18-22-5-4-16-36-22/h6-11,17,22,25H,4-5,12-16,18H2,1-3H3/t22-,25-/m1/s1. The van der Waals surface area contributed by atoms with Crippen molar-refractivity contribution in [3.63, 3.8) is 0 Å². The second-order valence-corrected chi connectivity index (χ2v) is 9.09. The Labute approximate surface area is 211 Å². The monoisotopic (exact) mass is 494 g/mol. The molecule has 0 aliphatic carbocycles. The lowest BCUT2D eigenvalue weighted by molar-refractivity contribution is 0.0906. The average Bonchev–Trinajstić information content (AvgIpc) is 3.62. The van der Waals surface area contributed by atoms with Gasteiger partial charge < -0.3 is 23.8 Å². The molecule has 2 aliphatic rings.